The van der Waals surface area contributed by atoms with Crippen molar-refractivity contribution in [1.82, 2.24) is 0 Å². The summed E-state index contributed by atoms with van der Waals surface area (Å²) in [6.07, 6.45) is 0. The topological polar surface area (TPSA) is 72.7 Å². The molecule has 0 heterocycles. The molecular weight excluding hydrogens is 332 g/mol. The number of rotatable bonds is 5. The van der Waals surface area contributed by atoms with E-state index in [9.17, 15) is 14.9 Å². The third kappa shape index (κ3) is 4.02. The van der Waals surface area contributed by atoms with Crippen molar-refractivity contribution >= 4 is 28.9 Å². The first-order chi connectivity index (χ1) is 11.2. The Kier molecular flexibility index (Phi) is 5.09. The molecule has 0 saturated heterocycles. The molecule has 0 unspecified atom stereocenters. The lowest BCUT2D eigenvalue weighted by Gasteiger charge is -2.30. The van der Waals surface area contributed by atoms with E-state index in [1.165, 1.54) is 29.2 Å². The van der Waals surface area contributed by atoms with Crippen molar-refractivity contribution in [3.8, 4) is 5.75 Å². The van der Waals surface area contributed by atoms with E-state index in [1.54, 1.807) is 45.2 Å². The fraction of sp³-hybridized carbons (Fsp3) is 0.235. The predicted octanol–water partition coefficient (Wildman–Crippen LogP) is 4.07. The summed E-state index contributed by atoms with van der Waals surface area (Å²) in [5.74, 6) is 0.117. The van der Waals surface area contributed by atoms with Gasteiger partial charge in [0.1, 0.15) is 5.75 Å². The van der Waals surface area contributed by atoms with Gasteiger partial charge >= 0.3 is 0 Å². The average Bonchev–Trinajstić information content (AvgIpc) is 2.54. The molecule has 1 amide bonds. The maximum absolute atomic E-state index is 12.7. The fourth-order valence-corrected chi connectivity index (χ4v) is 2.29. The second kappa shape index (κ2) is 6.88. The number of carbonyl (C=O) groups is 1. The molecule has 2 rings (SSSR count). The van der Waals surface area contributed by atoms with Crippen LogP contribution in [-0.4, -0.2) is 23.5 Å². The third-order valence-electron chi connectivity index (χ3n) is 3.45. The van der Waals surface area contributed by atoms with Gasteiger partial charge in [0.25, 0.3) is 11.6 Å². The quantitative estimate of drug-likeness (QED) is 0.603. The number of ether oxygens (including phenoxy) is 1. The Morgan fingerprint density at radius 3 is 2.17 bits per heavy atom. The number of hydrogen-bond acceptors (Lipinski definition) is 4. The summed E-state index contributed by atoms with van der Waals surface area (Å²) in [5, 5.41) is 11.3. The van der Waals surface area contributed by atoms with Crippen LogP contribution >= 0.6 is 11.6 Å². The predicted molar refractivity (Wildman–Crippen MR) is 92.7 cm³/mol. The summed E-state index contributed by atoms with van der Waals surface area (Å²) in [6.45, 7) is 3.28. The van der Waals surface area contributed by atoms with Crippen molar-refractivity contribution in [2.75, 3.05) is 11.9 Å². The standard InChI is InChI=1S/C17H17ClN2O4/c1-17(2,24-15-10-8-14(9-11-15)20(22)23)16(21)19(3)13-6-4-12(18)5-7-13/h4-11H,1-3H3. The first kappa shape index (κ1) is 17.7. The van der Waals surface area contributed by atoms with E-state index < -0.39 is 10.5 Å². The molecule has 2 aromatic carbocycles. The highest BCUT2D eigenvalue weighted by atomic mass is 35.5. The van der Waals surface area contributed by atoms with Gasteiger partial charge in [-0.1, -0.05) is 11.6 Å². The minimum Gasteiger partial charge on any atom is -0.478 e. The van der Waals surface area contributed by atoms with Crippen molar-refractivity contribution in [2.24, 2.45) is 0 Å². The molecule has 0 aliphatic heterocycles. The SMILES string of the molecule is CN(C(=O)C(C)(C)Oc1ccc([N+](=O)[O-])cc1)c1ccc(Cl)cc1. The molecule has 2 aromatic rings. The van der Waals surface area contributed by atoms with Gasteiger partial charge in [0.2, 0.25) is 0 Å². The first-order valence-corrected chi connectivity index (χ1v) is 7.56. The van der Waals surface area contributed by atoms with Gasteiger partial charge in [-0.25, -0.2) is 0 Å². The van der Waals surface area contributed by atoms with Gasteiger partial charge in [-0.3, -0.25) is 14.9 Å². The lowest BCUT2D eigenvalue weighted by Crippen LogP contribution is -2.47. The van der Waals surface area contributed by atoms with Gasteiger partial charge < -0.3 is 9.64 Å². The zero-order chi connectivity index (χ0) is 17.9. The minimum atomic E-state index is -1.15. The van der Waals surface area contributed by atoms with Crippen LogP contribution in [0.3, 0.4) is 0 Å². The maximum Gasteiger partial charge on any atom is 0.270 e. The number of amides is 1. The summed E-state index contributed by atoms with van der Waals surface area (Å²) in [6, 6.07) is 12.5. The first-order valence-electron chi connectivity index (χ1n) is 7.18. The van der Waals surface area contributed by atoms with Crippen molar-refractivity contribution in [2.45, 2.75) is 19.4 Å². The number of hydrogen-bond donors (Lipinski definition) is 0. The summed E-state index contributed by atoms with van der Waals surface area (Å²) in [4.78, 5) is 24.3. The van der Waals surface area contributed by atoms with Crippen molar-refractivity contribution in [1.29, 1.82) is 0 Å². The number of anilines is 1. The monoisotopic (exact) mass is 348 g/mol. The lowest BCUT2D eigenvalue weighted by atomic mass is 10.1. The molecule has 0 bridgehead atoms. The Morgan fingerprint density at radius 1 is 1.12 bits per heavy atom. The smallest absolute Gasteiger partial charge is 0.270 e. The van der Waals surface area contributed by atoms with Gasteiger partial charge in [-0.05, 0) is 50.2 Å². The second-order valence-corrected chi connectivity index (χ2v) is 6.14. The van der Waals surface area contributed by atoms with Gasteiger partial charge in [0.15, 0.2) is 5.60 Å². The minimum absolute atomic E-state index is 0.0373. The summed E-state index contributed by atoms with van der Waals surface area (Å²) >= 11 is 5.85. The molecule has 0 aromatic heterocycles. The fourth-order valence-electron chi connectivity index (χ4n) is 2.16. The van der Waals surface area contributed by atoms with Crippen molar-refractivity contribution in [3.05, 3.63) is 63.7 Å². The largest absolute Gasteiger partial charge is 0.478 e. The van der Waals surface area contributed by atoms with E-state index in [0.717, 1.165) is 0 Å². The Morgan fingerprint density at radius 2 is 1.67 bits per heavy atom. The molecule has 6 nitrogen and oxygen atoms in total. The van der Waals surface area contributed by atoms with Gasteiger partial charge in [-0.15, -0.1) is 0 Å². The Hall–Kier alpha value is -2.60. The zero-order valence-electron chi connectivity index (χ0n) is 13.5. The lowest BCUT2D eigenvalue weighted by molar-refractivity contribution is -0.384. The Labute approximate surface area is 144 Å². The molecule has 0 radical (unpaired) electrons. The number of nitro groups is 1. The molecule has 126 valence electrons. The van der Waals surface area contributed by atoms with E-state index in [-0.39, 0.29) is 11.6 Å². The van der Waals surface area contributed by atoms with Crippen molar-refractivity contribution in [3.63, 3.8) is 0 Å². The molecule has 0 saturated carbocycles. The number of carbonyl (C=O) groups excluding carboxylic acids is 1. The van der Waals surface area contributed by atoms with E-state index >= 15 is 0 Å². The second-order valence-electron chi connectivity index (χ2n) is 5.70. The van der Waals surface area contributed by atoms with Crippen LogP contribution in [0.1, 0.15) is 13.8 Å². The molecule has 7 heteroatoms. The van der Waals surface area contributed by atoms with Gasteiger partial charge in [0.05, 0.1) is 4.92 Å². The molecule has 0 fully saturated rings. The van der Waals surface area contributed by atoms with Crippen LogP contribution in [0.4, 0.5) is 11.4 Å². The Bertz CT molecular complexity index is 742. The maximum atomic E-state index is 12.7. The van der Waals surface area contributed by atoms with E-state index in [1.807, 2.05) is 0 Å². The van der Waals surface area contributed by atoms with Gasteiger partial charge in [-0.2, -0.15) is 0 Å². The molecule has 0 aliphatic rings. The van der Waals surface area contributed by atoms with Crippen LogP contribution < -0.4 is 9.64 Å². The number of nitrogens with zero attached hydrogens (tertiary/aromatic N) is 2. The average molecular weight is 349 g/mol. The molecule has 0 spiro atoms. The molecule has 0 aliphatic carbocycles. The van der Waals surface area contributed by atoms with E-state index in [2.05, 4.69) is 0 Å². The van der Waals surface area contributed by atoms with Crippen molar-refractivity contribution < 1.29 is 14.5 Å². The Balaban J connectivity index is 2.14. The van der Waals surface area contributed by atoms with E-state index in [4.69, 9.17) is 16.3 Å². The highest BCUT2D eigenvalue weighted by Crippen LogP contribution is 2.25. The van der Waals surface area contributed by atoms with Crippen LogP contribution in [0.15, 0.2) is 48.5 Å². The highest BCUT2D eigenvalue weighted by molar-refractivity contribution is 6.30. The molecule has 0 N–H and O–H groups in total. The molecule has 24 heavy (non-hydrogen) atoms. The summed E-state index contributed by atoms with van der Waals surface area (Å²) in [7, 11) is 1.65. The number of nitro benzene ring substituents is 1. The van der Waals surface area contributed by atoms with Gasteiger partial charge in [0, 0.05) is 29.9 Å². The molecular formula is C17H17ClN2O4. The number of benzene rings is 2. The summed E-state index contributed by atoms with van der Waals surface area (Å²) < 4.78 is 5.72. The van der Waals surface area contributed by atoms with E-state index in [0.29, 0.717) is 16.5 Å². The third-order valence-corrected chi connectivity index (χ3v) is 3.71. The van der Waals surface area contributed by atoms with Crippen LogP contribution in [0.2, 0.25) is 5.02 Å². The van der Waals surface area contributed by atoms with Crippen LogP contribution in [0.5, 0.6) is 5.75 Å². The van der Waals surface area contributed by atoms with Crippen LogP contribution in [0.25, 0.3) is 0 Å². The number of halogens is 1. The highest BCUT2D eigenvalue weighted by Gasteiger charge is 2.33. The number of likely N-dealkylation sites (N-methyl/N-ethyl adjacent to an activating group) is 1. The van der Waals surface area contributed by atoms with Crippen LogP contribution in [0, 0.1) is 10.1 Å². The zero-order valence-corrected chi connectivity index (χ0v) is 14.3. The number of non-ortho nitro benzene ring substituents is 1. The summed E-state index contributed by atoms with van der Waals surface area (Å²) in [5.41, 5.74) is -0.501. The van der Waals surface area contributed by atoms with Crippen LogP contribution in [-0.2, 0) is 4.79 Å². The normalized spacial score (nSPS) is 11.0. The molecule has 0 atom stereocenters.